The molecule has 1 atom stereocenters. The molecule has 1 aromatic heterocycles. The van der Waals surface area contributed by atoms with Gasteiger partial charge >= 0.3 is 0 Å². The molecule has 1 aromatic rings. The van der Waals surface area contributed by atoms with Gasteiger partial charge in [0.1, 0.15) is 5.76 Å². The fourth-order valence-electron chi connectivity index (χ4n) is 2.69. The lowest BCUT2D eigenvalue weighted by atomic mass is 9.93. The zero-order chi connectivity index (χ0) is 12.1. The van der Waals surface area contributed by atoms with Gasteiger partial charge in [0.25, 0.3) is 0 Å². The standard InChI is InChI=1S/C14H22BrNO/c1-11(12-6-4-2-3-5-7-12)16-10-13-8-9-14(15)17-13/h8-9,11-12,16H,2-7,10H2,1H3/t11-/m1/s1. The number of nitrogens with one attached hydrogen (secondary N) is 1. The minimum atomic E-state index is 0.594. The summed E-state index contributed by atoms with van der Waals surface area (Å²) < 4.78 is 6.32. The summed E-state index contributed by atoms with van der Waals surface area (Å²) in [6, 6.07) is 4.57. The maximum absolute atomic E-state index is 5.50. The van der Waals surface area contributed by atoms with Gasteiger partial charge in [0.15, 0.2) is 4.67 Å². The van der Waals surface area contributed by atoms with Crippen LogP contribution in [0.1, 0.15) is 51.2 Å². The summed E-state index contributed by atoms with van der Waals surface area (Å²) in [5.41, 5.74) is 0. The van der Waals surface area contributed by atoms with Gasteiger partial charge < -0.3 is 9.73 Å². The first-order valence-electron chi connectivity index (χ1n) is 6.73. The minimum Gasteiger partial charge on any atom is -0.453 e. The number of hydrogen-bond acceptors (Lipinski definition) is 2. The van der Waals surface area contributed by atoms with Crippen LogP contribution in [0.5, 0.6) is 0 Å². The van der Waals surface area contributed by atoms with Gasteiger partial charge in [-0.2, -0.15) is 0 Å². The Morgan fingerprint density at radius 1 is 1.29 bits per heavy atom. The Hall–Kier alpha value is -0.280. The summed E-state index contributed by atoms with van der Waals surface area (Å²) in [6.45, 7) is 3.15. The molecule has 1 fully saturated rings. The molecule has 0 radical (unpaired) electrons. The van der Waals surface area contributed by atoms with E-state index in [1.54, 1.807) is 0 Å². The monoisotopic (exact) mass is 299 g/mol. The molecular formula is C14H22BrNO. The Morgan fingerprint density at radius 3 is 2.59 bits per heavy atom. The molecule has 0 aromatic carbocycles. The molecule has 2 rings (SSSR count). The Balaban J connectivity index is 1.77. The van der Waals surface area contributed by atoms with Crippen molar-refractivity contribution in [2.75, 3.05) is 0 Å². The highest BCUT2D eigenvalue weighted by Gasteiger charge is 2.18. The summed E-state index contributed by atoms with van der Waals surface area (Å²) >= 11 is 3.33. The van der Waals surface area contributed by atoms with Gasteiger partial charge in [-0.15, -0.1) is 0 Å². The van der Waals surface area contributed by atoms with Crippen LogP contribution in [-0.4, -0.2) is 6.04 Å². The lowest BCUT2D eigenvalue weighted by Crippen LogP contribution is -2.32. The fourth-order valence-corrected chi connectivity index (χ4v) is 3.03. The zero-order valence-corrected chi connectivity index (χ0v) is 12.1. The van der Waals surface area contributed by atoms with Crippen molar-refractivity contribution in [3.8, 4) is 0 Å². The van der Waals surface area contributed by atoms with Crippen molar-refractivity contribution in [3.05, 3.63) is 22.6 Å². The smallest absolute Gasteiger partial charge is 0.169 e. The summed E-state index contributed by atoms with van der Waals surface area (Å²) in [4.78, 5) is 0. The zero-order valence-electron chi connectivity index (χ0n) is 10.5. The van der Waals surface area contributed by atoms with Gasteiger partial charge in [0.05, 0.1) is 6.54 Å². The van der Waals surface area contributed by atoms with Crippen LogP contribution < -0.4 is 5.32 Å². The van der Waals surface area contributed by atoms with E-state index in [2.05, 4.69) is 28.2 Å². The molecule has 1 N–H and O–H groups in total. The van der Waals surface area contributed by atoms with E-state index in [0.717, 1.165) is 22.9 Å². The molecule has 0 unspecified atom stereocenters. The Bertz CT molecular complexity index is 329. The van der Waals surface area contributed by atoms with Crippen LogP contribution in [0.4, 0.5) is 0 Å². The predicted octanol–water partition coefficient (Wildman–Crippen LogP) is 4.49. The van der Waals surface area contributed by atoms with Crippen LogP contribution in [0.25, 0.3) is 0 Å². The van der Waals surface area contributed by atoms with Crippen molar-refractivity contribution in [1.82, 2.24) is 5.32 Å². The molecule has 1 aliphatic carbocycles. The molecule has 0 amide bonds. The lowest BCUT2D eigenvalue weighted by Gasteiger charge is -2.23. The van der Waals surface area contributed by atoms with Crippen LogP contribution in [0.2, 0.25) is 0 Å². The van der Waals surface area contributed by atoms with Gasteiger partial charge in [0, 0.05) is 6.04 Å². The second kappa shape index (κ2) is 6.60. The molecule has 1 heterocycles. The van der Waals surface area contributed by atoms with E-state index in [0.29, 0.717) is 6.04 Å². The molecule has 0 aliphatic heterocycles. The van der Waals surface area contributed by atoms with Crippen molar-refractivity contribution in [2.45, 2.75) is 58.0 Å². The number of halogens is 1. The highest BCUT2D eigenvalue weighted by molar-refractivity contribution is 9.10. The number of hydrogen-bond donors (Lipinski definition) is 1. The quantitative estimate of drug-likeness (QED) is 0.829. The summed E-state index contributed by atoms with van der Waals surface area (Å²) in [6.07, 6.45) is 8.43. The van der Waals surface area contributed by atoms with E-state index in [4.69, 9.17) is 4.42 Å². The highest BCUT2D eigenvalue weighted by Crippen LogP contribution is 2.25. The third-order valence-corrected chi connectivity index (χ3v) is 4.26. The molecule has 3 heteroatoms. The van der Waals surface area contributed by atoms with Crippen molar-refractivity contribution in [2.24, 2.45) is 5.92 Å². The van der Waals surface area contributed by atoms with Crippen LogP contribution in [0, 0.1) is 5.92 Å². The Kier molecular flexibility index (Phi) is 5.11. The predicted molar refractivity (Wildman–Crippen MR) is 73.9 cm³/mol. The van der Waals surface area contributed by atoms with Crippen LogP contribution >= 0.6 is 15.9 Å². The first-order chi connectivity index (χ1) is 8.25. The number of rotatable bonds is 4. The first kappa shape index (κ1) is 13.2. The molecule has 96 valence electrons. The second-order valence-corrected chi connectivity index (χ2v) is 5.91. The van der Waals surface area contributed by atoms with Gasteiger partial charge in [-0.25, -0.2) is 0 Å². The average molecular weight is 300 g/mol. The van der Waals surface area contributed by atoms with Crippen LogP contribution in [0.15, 0.2) is 21.2 Å². The fraction of sp³-hybridized carbons (Fsp3) is 0.714. The molecule has 1 aliphatic rings. The maximum Gasteiger partial charge on any atom is 0.169 e. The SMILES string of the molecule is C[C@@H](NCc1ccc(Br)o1)C1CCCCCC1. The molecule has 0 saturated heterocycles. The largest absolute Gasteiger partial charge is 0.453 e. The topological polar surface area (TPSA) is 25.2 Å². The van der Waals surface area contributed by atoms with Gasteiger partial charge in [0.2, 0.25) is 0 Å². The molecule has 0 spiro atoms. The van der Waals surface area contributed by atoms with Gasteiger partial charge in [-0.1, -0.05) is 25.7 Å². The van der Waals surface area contributed by atoms with E-state index in [1.165, 1.54) is 38.5 Å². The molecule has 17 heavy (non-hydrogen) atoms. The maximum atomic E-state index is 5.50. The normalized spacial score (nSPS) is 20.1. The average Bonchev–Trinajstić information content (AvgIpc) is 2.58. The highest BCUT2D eigenvalue weighted by atomic mass is 79.9. The second-order valence-electron chi connectivity index (χ2n) is 5.13. The van der Waals surface area contributed by atoms with E-state index >= 15 is 0 Å². The van der Waals surface area contributed by atoms with Gasteiger partial charge in [-0.05, 0) is 53.7 Å². The van der Waals surface area contributed by atoms with Crippen LogP contribution in [0.3, 0.4) is 0 Å². The third kappa shape index (κ3) is 4.14. The van der Waals surface area contributed by atoms with Gasteiger partial charge in [-0.3, -0.25) is 0 Å². The Labute approximate surface area is 112 Å². The van der Waals surface area contributed by atoms with E-state index in [1.807, 2.05) is 12.1 Å². The molecule has 0 bridgehead atoms. The number of furan rings is 1. The lowest BCUT2D eigenvalue weighted by molar-refractivity contribution is 0.325. The summed E-state index contributed by atoms with van der Waals surface area (Å²) in [7, 11) is 0. The van der Waals surface area contributed by atoms with E-state index in [9.17, 15) is 0 Å². The van der Waals surface area contributed by atoms with Crippen molar-refractivity contribution < 1.29 is 4.42 Å². The third-order valence-electron chi connectivity index (χ3n) is 3.83. The van der Waals surface area contributed by atoms with Crippen molar-refractivity contribution in [3.63, 3.8) is 0 Å². The first-order valence-corrected chi connectivity index (χ1v) is 7.52. The minimum absolute atomic E-state index is 0.594. The van der Waals surface area contributed by atoms with Crippen molar-refractivity contribution >= 4 is 15.9 Å². The van der Waals surface area contributed by atoms with E-state index in [-0.39, 0.29) is 0 Å². The summed E-state index contributed by atoms with van der Waals surface area (Å²) in [5.74, 6) is 1.85. The van der Waals surface area contributed by atoms with Crippen LogP contribution in [-0.2, 0) is 6.54 Å². The molecular weight excluding hydrogens is 278 g/mol. The molecule has 2 nitrogen and oxygen atoms in total. The van der Waals surface area contributed by atoms with E-state index < -0.39 is 0 Å². The summed E-state index contributed by atoms with van der Waals surface area (Å²) in [5, 5.41) is 3.60. The molecule has 1 saturated carbocycles. The Morgan fingerprint density at radius 2 is 2.00 bits per heavy atom. The van der Waals surface area contributed by atoms with Crippen molar-refractivity contribution in [1.29, 1.82) is 0 Å².